The highest BCUT2D eigenvalue weighted by atomic mass is 16.1. The van der Waals surface area contributed by atoms with Crippen LogP contribution in [0.5, 0.6) is 0 Å². The molecule has 0 unspecified atom stereocenters. The molecule has 2 N–H and O–H groups in total. The maximum Gasteiger partial charge on any atom is 0.251 e. The molecule has 1 aliphatic heterocycles. The summed E-state index contributed by atoms with van der Waals surface area (Å²) in [5, 5.41) is 19.5. The van der Waals surface area contributed by atoms with Crippen molar-refractivity contribution in [3.8, 4) is 6.07 Å². The highest BCUT2D eigenvalue weighted by Crippen LogP contribution is 2.14. The monoisotopic (exact) mass is 283 g/mol. The first-order valence-corrected chi connectivity index (χ1v) is 7.09. The molecule has 6 nitrogen and oxygen atoms in total. The van der Waals surface area contributed by atoms with Gasteiger partial charge >= 0.3 is 0 Å². The molecule has 1 aromatic heterocycles. The lowest BCUT2D eigenvalue weighted by molar-refractivity contribution is 0.0914. The molecule has 0 saturated carbocycles. The zero-order valence-electron chi connectivity index (χ0n) is 11.7. The minimum atomic E-state index is -0.0446. The lowest BCUT2D eigenvalue weighted by Gasteiger charge is -2.30. The fraction of sp³-hybridized carbons (Fsp3) is 0.400. The quantitative estimate of drug-likeness (QED) is 0.831. The van der Waals surface area contributed by atoms with E-state index < -0.39 is 0 Å². The molecular formula is C15H17N5O. The largest absolute Gasteiger partial charge is 0.349 e. The molecule has 2 aromatic rings. The van der Waals surface area contributed by atoms with Crippen molar-refractivity contribution in [2.45, 2.75) is 18.9 Å². The molecule has 2 heterocycles. The van der Waals surface area contributed by atoms with Crippen LogP contribution in [-0.2, 0) is 0 Å². The van der Waals surface area contributed by atoms with Gasteiger partial charge in [0.15, 0.2) is 0 Å². The van der Waals surface area contributed by atoms with Crippen LogP contribution >= 0.6 is 0 Å². The first kappa shape index (κ1) is 13.6. The summed E-state index contributed by atoms with van der Waals surface area (Å²) in [5.74, 6) is -0.0446. The molecule has 0 spiro atoms. The summed E-state index contributed by atoms with van der Waals surface area (Å²) in [4.78, 5) is 14.4. The Bertz CT molecular complexity index is 679. The van der Waals surface area contributed by atoms with E-state index in [2.05, 4.69) is 26.5 Å². The summed E-state index contributed by atoms with van der Waals surface area (Å²) in [6.45, 7) is 2.19. The molecular weight excluding hydrogens is 266 g/mol. The Kier molecular flexibility index (Phi) is 3.84. The summed E-state index contributed by atoms with van der Waals surface area (Å²) in [5.41, 5.74) is 1.58. The lowest BCUT2D eigenvalue weighted by atomic mass is 10.0. The topological polar surface area (TPSA) is 84.8 Å². The highest BCUT2D eigenvalue weighted by molar-refractivity contribution is 5.98. The van der Waals surface area contributed by atoms with Crippen LogP contribution in [0.15, 0.2) is 24.4 Å². The second kappa shape index (κ2) is 5.94. The van der Waals surface area contributed by atoms with Crippen molar-refractivity contribution in [3.63, 3.8) is 0 Å². The number of piperidine rings is 1. The number of rotatable bonds is 3. The molecule has 1 fully saturated rings. The van der Waals surface area contributed by atoms with Crippen LogP contribution in [0.1, 0.15) is 23.2 Å². The number of aromatic nitrogens is 2. The van der Waals surface area contributed by atoms with Gasteiger partial charge in [0.1, 0.15) is 0 Å². The molecule has 1 aliphatic rings. The van der Waals surface area contributed by atoms with E-state index in [4.69, 9.17) is 5.26 Å². The summed E-state index contributed by atoms with van der Waals surface area (Å²) in [7, 11) is 0. The first-order chi connectivity index (χ1) is 10.3. The van der Waals surface area contributed by atoms with Crippen molar-refractivity contribution in [1.82, 2.24) is 20.4 Å². The van der Waals surface area contributed by atoms with Crippen LogP contribution in [0.25, 0.3) is 10.9 Å². The molecule has 0 bridgehead atoms. The maximum absolute atomic E-state index is 12.3. The van der Waals surface area contributed by atoms with Gasteiger partial charge in [-0.2, -0.15) is 10.4 Å². The van der Waals surface area contributed by atoms with Gasteiger partial charge in [0.25, 0.3) is 5.91 Å². The summed E-state index contributed by atoms with van der Waals surface area (Å²) >= 11 is 0. The molecule has 0 atom stereocenters. The molecule has 1 amide bonds. The number of H-pyrrole nitrogens is 1. The number of hydrogen-bond donors (Lipinski definition) is 2. The maximum atomic E-state index is 12.3. The predicted octanol–water partition coefficient (Wildman–Crippen LogP) is 1.28. The molecule has 3 rings (SSSR count). The van der Waals surface area contributed by atoms with Crippen molar-refractivity contribution in [1.29, 1.82) is 5.26 Å². The fourth-order valence-electron chi connectivity index (χ4n) is 2.69. The van der Waals surface area contributed by atoms with Crippen molar-refractivity contribution in [2.75, 3.05) is 19.6 Å². The van der Waals surface area contributed by atoms with Gasteiger partial charge in [0.2, 0.25) is 0 Å². The highest BCUT2D eigenvalue weighted by Gasteiger charge is 2.20. The number of nitriles is 1. The van der Waals surface area contributed by atoms with E-state index in [1.54, 1.807) is 12.3 Å². The van der Waals surface area contributed by atoms with E-state index in [0.29, 0.717) is 12.1 Å². The van der Waals surface area contributed by atoms with Crippen LogP contribution in [0.2, 0.25) is 0 Å². The van der Waals surface area contributed by atoms with Crippen LogP contribution in [0, 0.1) is 11.3 Å². The van der Waals surface area contributed by atoms with E-state index in [1.165, 1.54) is 0 Å². The smallest absolute Gasteiger partial charge is 0.251 e. The number of likely N-dealkylation sites (tertiary alicyclic amines) is 1. The average Bonchev–Trinajstić information content (AvgIpc) is 2.97. The van der Waals surface area contributed by atoms with Crippen molar-refractivity contribution >= 4 is 16.8 Å². The molecule has 0 aliphatic carbocycles. The zero-order valence-corrected chi connectivity index (χ0v) is 11.7. The number of nitrogens with zero attached hydrogens (tertiary/aromatic N) is 3. The zero-order chi connectivity index (χ0) is 14.7. The third-order valence-corrected chi connectivity index (χ3v) is 3.92. The van der Waals surface area contributed by atoms with Crippen molar-refractivity contribution in [2.24, 2.45) is 0 Å². The van der Waals surface area contributed by atoms with E-state index in [-0.39, 0.29) is 11.9 Å². The van der Waals surface area contributed by atoms with E-state index in [0.717, 1.165) is 36.8 Å². The van der Waals surface area contributed by atoms with Gasteiger partial charge in [-0.3, -0.25) is 14.8 Å². The number of hydrogen-bond acceptors (Lipinski definition) is 4. The Morgan fingerprint density at radius 2 is 2.29 bits per heavy atom. The predicted molar refractivity (Wildman–Crippen MR) is 78.6 cm³/mol. The molecule has 21 heavy (non-hydrogen) atoms. The number of amides is 1. The van der Waals surface area contributed by atoms with E-state index in [9.17, 15) is 4.79 Å². The number of nitrogens with one attached hydrogen (secondary N) is 2. The lowest BCUT2D eigenvalue weighted by Crippen LogP contribution is -2.44. The van der Waals surface area contributed by atoms with Crippen LogP contribution < -0.4 is 5.32 Å². The Morgan fingerprint density at radius 1 is 1.48 bits per heavy atom. The van der Waals surface area contributed by atoms with Gasteiger partial charge in [0.05, 0.1) is 24.3 Å². The Labute approximate surface area is 122 Å². The molecule has 0 radical (unpaired) electrons. The van der Waals surface area contributed by atoms with Crippen LogP contribution in [0.3, 0.4) is 0 Å². The minimum Gasteiger partial charge on any atom is -0.349 e. The second-order valence-electron chi connectivity index (χ2n) is 5.35. The van der Waals surface area contributed by atoms with Gasteiger partial charge < -0.3 is 5.32 Å². The van der Waals surface area contributed by atoms with Gasteiger partial charge in [-0.15, -0.1) is 0 Å². The second-order valence-corrected chi connectivity index (χ2v) is 5.35. The number of fused-ring (bicyclic) bond motifs is 1. The summed E-state index contributed by atoms with van der Waals surface area (Å²) in [6, 6.07) is 7.87. The Hall–Kier alpha value is -2.39. The fourth-order valence-corrected chi connectivity index (χ4v) is 2.69. The van der Waals surface area contributed by atoms with Crippen molar-refractivity contribution < 1.29 is 4.79 Å². The van der Waals surface area contributed by atoms with Gasteiger partial charge in [-0.25, -0.2) is 0 Å². The third-order valence-electron chi connectivity index (χ3n) is 3.92. The first-order valence-electron chi connectivity index (χ1n) is 7.09. The molecule has 6 heteroatoms. The number of aromatic amines is 1. The number of benzene rings is 1. The molecule has 1 aromatic carbocycles. The summed E-state index contributed by atoms with van der Waals surface area (Å²) < 4.78 is 0. The van der Waals surface area contributed by atoms with Crippen LogP contribution in [0.4, 0.5) is 0 Å². The number of carbonyl (C=O) groups excluding carboxylic acids is 1. The van der Waals surface area contributed by atoms with Crippen LogP contribution in [-0.4, -0.2) is 46.7 Å². The number of carbonyl (C=O) groups is 1. The summed E-state index contributed by atoms with van der Waals surface area (Å²) in [6.07, 6.45) is 3.50. The molecule has 1 saturated heterocycles. The standard InChI is InChI=1S/C15H17N5O/c16-5-8-20-6-3-13(4-7-20)18-15(21)11-1-2-14-12(9-11)10-17-19-14/h1-2,9-10,13H,3-4,6-8H2,(H,17,19)(H,18,21). The Balaban J connectivity index is 1.60. The SMILES string of the molecule is N#CCN1CCC(NC(=O)c2ccc3[nH]ncc3c2)CC1. The minimum absolute atomic E-state index is 0.0446. The van der Waals surface area contributed by atoms with Crippen molar-refractivity contribution in [3.05, 3.63) is 30.0 Å². The molecule has 108 valence electrons. The van der Waals surface area contributed by atoms with Gasteiger partial charge in [-0.1, -0.05) is 0 Å². The van der Waals surface area contributed by atoms with Gasteiger partial charge in [0, 0.05) is 30.1 Å². The van der Waals surface area contributed by atoms with E-state index >= 15 is 0 Å². The normalized spacial score (nSPS) is 16.7. The third kappa shape index (κ3) is 3.03. The Morgan fingerprint density at radius 3 is 3.05 bits per heavy atom. The van der Waals surface area contributed by atoms with Gasteiger partial charge in [-0.05, 0) is 31.0 Å². The van der Waals surface area contributed by atoms with E-state index in [1.807, 2.05) is 12.1 Å². The average molecular weight is 283 g/mol.